The van der Waals surface area contributed by atoms with Crippen LogP contribution in [0.4, 0.5) is 0 Å². The number of halogens is 1. The van der Waals surface area contributed by atoms with Gasteiger partial charge in [0.1, 0.15) is 0 Å². The fourth-order valence-electron chi connectivity index (χ4n) is 2.13. The van der Waals surface area contributed by atoms with E-state index >= 15 is 0 Å². The quantitative estimate of drug-likeness (QED) is 0.572. The summed E-state index contributed by atoms with van der Waals surface area (Å²) in [6.45, 7) is 6.77. The number of hydrogen-bond acceptors (Lipinski definition) is 3. The van der Waals surface area contributed by atoms with Crippen molar-refractivity contribution < 1.29 is 14.3 Å². The molecule has 0 radical (unpaired) electrons. The summed E-state index contributed by atoms with van der Waals surface area (Å²) in [6, 6.07) is 1.88. The molecule has 1 aromatic heterocycles. The van der Waals surface area contributed by atoms with Gasteiger partial charge in [-0.1, -0.05) is 0 Å². The first-order chi connectivity index (χ1) is 8.92. The summed E-state index contributed by atoms with van der Waals surface area (Å²) in [6.07, 6.45) is -0.0359. The Morgan fingerprint density at radius 2 is 2.05 bits per heavy atom. The first-order valence-electron chi connectivity index (χ1n) is 6.29. The van der Waals surface area contributed by atoms with Gasteiger partial charge in [0.2, 0.25) is 0 Å². The number of carbonyl (C=O) groups is 1. The van der Waals surface area contributed by atoms with Gasteiger partial charge in [-0.3, -0.25) is 4.79 Å². The van der Waals surface area contributed by atoms with Crippen LogP contribution in [0, 0.1) is 13.8 Å². The van der Waals surface area contributed by atoms with Gasteiger partial charge in [-0.25, -0.2) is 0 Å². The highest BCUT2D eigenvalue weighted by atomic mass is 35.5. The van der Waals surface area contributed by atoms with Crippen LogP contribution < -0.4 is 0 Å². The standard InChI is InChI=1S/C14H22ClNO3/c1-9-6-13(14(17)10(2)15)11(3)16(9)7-12(19-5)8-18-4/h6,10,12H,7-8H2,1-5H3. The summed E-state index contributed by atoms with van der Waals surface area (Å²) in [5, 5.41) is -0.508. The predicted molar refractivity (Wildman–Crippen MR) is 76.2 cm³/mol. The molecule has 2 atom stereocenters. The smallest absolute Gasteiger partial charge is 0.182 e. The summed E-state index contributed by atoms with van der Waals surface area (Å²) in [5.41, 5.74) is 2.64. The molecule has 0 aliphatic rings. The molecule has 2 unspecified atom stereocenters. The van der Waals surface area contributed by atoms with E-state index < -0.39 is 5.38 Å². The molecule has 0 saturated heterocycles. The van der Waals surface area contributed by atoms with Crippen LogP contribution in [-0.4, -0.2) is 42.7 Å². The van der Waals surface area contributed by atoms with Crippen molar-refractivity contribution in [3.8, 4) is 0 Å². The first kappa shape index (κ1) is 16.2. The summed E-state index contributed by atoms with van der Waals surface area (Å²) < 4.78 is 12.5. The second-order valence-corrected chi connectivity index (χ2v) is 5.34. The SMILES string of the molecule is COCC(Cn1c(C)cc(C(=O)C(C)Cl)c1C)OC. The number of ketones is 1. The van der Waals surface area contributed by atoms with E-state index in [1.165, 1.54) is 0 Å². The molecule has 0 aromatic carbocycles. The van der Waals surface area contributed by atoms with Crippen molar-refractivity contribution in [1.29, 1.82) is 0 Å². The summed E-state index contributed by atoms with van der Waals surface area (Å²) in [5.74, 6) is -0.0401. The number of alkyl halides is 1. The average Bonchev–Trinajstić information content (AvgIpc) is 2.64. The van der Waals surface area contributed by atoms with Gasteiger partial charge in [-0.15, -0.1) is 11.6 Å². The molecule has 0 bridgehead atoms. The van der Waals surface area contributed by atoms with Crippen LogP contribution in [0.1, 0.15) is 28.7 Å². The summed E-state index contributed by atoms with van der Waals surface area (Å²) >= 11 is 5.88. The lowest BCUT2D eigenvalue weighted by Crippen LogP contribution is -2.25. The number of rotatable bonds is 7. The Bertz CT molecular complexity index is 440. The van der Waals surface area contributed by atoms with E-state index in [0.29, 0.717) is 18.7 Å². The molecule has 5 heteroatoms. The number of carbonyl (C=O) groups excluding carboxylic acids is 1. The van der Waals surface area contributed by atoms with Crippen LogP contribution in [0.25, 0.3) is 0 Å². The zero-order chi connectivity index (χ0) is 14.6. The molecule has 1 rings (SSSR count). The molecule has 19 heavy (non-hydrogen) atoms. The normalized spacial score (nSPS) is 14.4. The van der Waals surface area contributed by atoms with E-state index in [2.05, 4.69) is 4.57 Å². The minimum Gasteiger partial charge on any atom is -0.382 e. The molecule has 0 fully saturated rings. The highest BCUT2D eigenvalue weighted by Gasteiger charge is 2.20. The fourth-order valence-corrected chi connectivity index (χ4v) is 2.25. The van der Waals surface area contributed by atoms with Crippen LogP contribution in [0.3, 0.4) is 0 Å². The second kappa shape index (κ2) is 7.08. The molecule has 0 spiro atoms. The Morgan fingerprint density at radius 1 is 1.42 bits per heavy atom. The van der Waals surface area contributed by atoms with Crippen LogP contribution in [0.5, 0.6) is 0 Å². The van der Waals surface area contributed by atoms with Crippen LogP contribution >= 0.6 is 11.6 Å². The Morgan fingerprint density at radius 3 is 2.53 bits per heavy atom. The van der Waals surface area contributed by atoms with Crippen molar-refractivity contribution in [2.75, 3.05) is 20.8 Å². The molecular weight excluding hydrogens is 266 g/mol. The van der Waals surface area contributed by atoms with Crippen molar-refractivity contribution >= 4 is 17.4 Å². The molecule has 0 aliphatic heterocycles. The van der Waals surface area contributed by atoms with E-state index in [1.807, 2.05) is 19.9 Å². The molecule has 0 aliphatic carbocycles. The van der Waals surface area contributed by atoms with E-state index in [9.17, 15) is 4.79 Å². The topological polar surface area (TPSA) is 40.5 Å². The molecule has 1 aromatic rings. The van der Waals surface area contributed by atoms with Gasteiger partial charge < -0.3 is 14.0 Å². The third-order valence-electron chi connectivity index (χ3n) is 3.27. The molecule has 0 amide bonds. The molecule has 0 N–H and O–H groups in total. The van der Waals surface area contributed by atoms with E-state index in [4.69, 9.17) is 21.1 Å². The monoisotopic (exact) mass is 287 g/mol. The van der Waals surface area contributed by atoms with Crippen LogP contribution in [-0.2, 0) is 16.0 Å². The van der Waals surface area contributed by atoms with Crippen molar-refractivity contribution in [1.82, 2.24) is 4.57 Å². The Kier molecular flexibility index (Phi) is 6.04. The third kappa shape index (κ3) is 3.81. The van der Waals surface area contributed by atoms with Crippen molar-refractivity contribution in [2.45, 2.75) is 38.8 Å². The largest absolute Gasteiger partial charge is 0.382 e. The fraction of sp³-hybridized carbons (Fsp3) is 0.643. The number of ether oxygens (including phenoxy) is 2. The van der Waals surface area contributed by atoms with E-state index in [0.717, 1.165) is 11.4 Å². The minimum absolute atomic E-state index is 0.0359. The lowest BCUT2D eigenvalue weighted by atomic mass is 10.1. The maximum absolute atomic E-state index is 12.0. The maximum atomic E-state index is 12.0. The Labute approximate surface area is 119 Å². The Balaban J connectivity index is 3.00. The number of Topliss-reactive ketones (excluding diaryl/α,β-unsaturated/α-hetero) is 1. The number of hydrogen-bond donors (Lipinski definition) is 0. The third-order valence-corrected chi connectivity index (χ3v) is 3.47. The maximum Gasteiger partial charge on any atom is 0.182 e. The summed E-state index contributed by atoms with van der Waals surface area (Å²) in [4.78, 5) is 12.0. The number of aromatic nitrogens is 1. The van der Waals surface area contributed by atoms with Gasteiger partial charge in [0, 0.05) is 31.2 Å². The second-order valence-electron chi connectivity index (χ2n) is 4.69. The lowest BCUT2D eigenvalue weighted by Gasteiger charge is -2.18. The highest BCUT2D eigenvalue weighted by Crippen LogP contribution is 2.19. The number of methoxy groups -OCH3 is 2. The van der Waals surface area contributed by atoms with Gasteiger partial charge in [0.25, 0.3) is 0 Å². The molecule has 0 saturated carbocycles. The molecule has 1 heterocycles. The zero-order valence-corrected chi connectivity index (χ0v) is 13.0. The van der Waals surface area contributed by atoms with E-state index in [1.54, 1.807) is 21.1 Å². The average molecular weight is 288 g/mol. The number of nitrogens with zero attached hydrogens (tertiary/aromatic N) is 1. The molecular formula is C14H22ClNO3. The van der Waals surface area contributed by atoms with Crippen LogP contribution in [0.15, 0.2) is 6.07 Å². The zero-order valence-electron chi connectivity index (χ0n) is 12.2. The molecule has 4 nitrogen and oxygen atoms in total. The highest BCUT2D eigenvalue weighted by molar-refractivity contribution is 6.33. The molecule has 108 valence electrons. The van der Waals surface area contributed by atoms with E-state index in [-0.39, 0.29) is 11.9 Å². The van der Waals surface area contributed by atoms with Gasteiger partial charge in [0.05, 0.1) is 24.6 Å². The number of aryl methyl sites for hydroxylation is 1. The Hall–Kier alpha value is -0.840. The van der Waals surface area contributed by atoms with Crippen molar-refractivity contribution in [3.63, 3.8) is 0 Å². The van der Waals surface area contributed by atoms with Crippen LogP contribution in [0.2, 0.25) is 0 Å². The van der Waals surface area contributed by atoms with Gasteiger partial charge in [0.15, 0.2) is 5.78 Å². The predicted octanol–water partition coefficient (Wildman–Crippen LogP) is 2.58. The van der Waals surface area contributed by atoms with Gasteiger partial charge in [-0.2, -0.15) is 0 Å². The van der Waals surface area contributed by atoms with Crippen molar-refractivity contribution in [3.05, 3.63) is 23.0 Å². The van der Waals surface area contributed by atoms with Crippen molar-refractivity contribution in [2.24, 2.45) is 0 Å². The lowest BCUT2D eigenvalue weighted by molar-refractivity contribution is 0.0178. The van der Waals surface area contributed by atoms with Gasteiger partial charge in [-0.05, 0) is 26.8 Å². The summed E-state index contributed by atoms with van der Waals surface area (Å²) in [7, 11) is 3.30. The minimum atomic E-state index is -0.508. The van der Waals surface area contributed by atoms with Gasteiger partial charge >= 0.3 is 0 Å². The first-order valence-corrected chi connectivity index (χ1v) is 6.72.